The Kier molecular flexibility index (Phi) is 9.07. The Labute approximate surface area is 178 Å². The summed E-state index contributed by atoms with van der Waals surface area (Å²) in [5, 5.41) is 4.44. The molecule has 146 valence electrons. The minimum Gasteiger partial charge on any atom is -0.481 e. The van der Waals surface area contributed by atoms with Gasteiger partial charge in [0.1, 0.15) is 23.6 Å². The van der Waals surface area contributed by atoms with Crippen LogP contribution in [0.1, 0.15) is 29.8 Å². The first-order chi connectivity index (χ1) is 13.4. The van der Waals surface area contributed by atoms with E-state index in [1.165, 1.54) is 0 Å². The monoisotopic (exact) mass is 451 g/mol. The fourth-order valence-electron chi connectivity index (χ4n) is 2.15. The van der Waals surface area contributed by atoms with E-state index >= 15 is 0 Å². The second kappa shape index (κ2) is 11.3. The molecule has 2 aromatic carbocycles. The van der Waals surface area contributed by atoms with Gasteiger partial charge < -0.3 is 9.47 Å². The van der Waals surface area contributed by atoms with Gasteiger partial charge in [-0.1, -0.05) is 11.8 Å². The summed E-state index contributed by atoms with van der Waals surface area (Å²) >= 11 is 10.5. The number of aldehydes is 1. The van der Waals surface area contributed by atoms with E-state index in [-0.39, 0.29) is 11.7 Å². The van der Waals surface area contributed by atoms with E-state index < -0.39 is 6.85 Å². The van der Waals surface area contributed by atoms with Crippen molar-refractivity contribution in [3.8, 4) is 11.5 Å². The van der Waals surface area contributed by atoms with E-state index in [2.05, 4.69) is 5.10 Å². The normalized spacial score (nSPS) is 13.8. The van der Waals surface area contributed by atoms with Crippen molar-refractivity contribution in [3.05, 3.63) is 59.7 Å². The van der Waals surface area contributed by atoms with E-state index in [1.54, 1.807) is 35.3 Å². The summed E-state index contributed by atoms with van der Waals surface area (Å²) < 4.78 is 13.3. The summed E-state index contributed by atoms with van der Waals surface area (Å²) in [5.41, 5.74) is 1.55. The molecule has 0 fully saturated rings. The number of carbonyl (C=O) groups excluding carboxylic acids is 1. The summed E-state index contributed by atoms with van der Waals surface area (Å²) in [7, 11) is 2.62. The minimum atomic E-state index is -1.06. The number of hydrazone groups is 1. The SMILES string of the molecule is CC(Oc1ccc(/C=N/N(C)[P+](=S)C(C)Oc2ccc(C=O)cc2)cc1)P=S. The van der Waals surface area contributed by atoms with Gasteiger partial charge in [-0.05, 0) is 61.0 Å². The molecule has 0 saturated carbocycles. The average Bonchev–Trinajstić information content (AvgIpc) is 2.72. The summed E-state index contributed by atoms with van der Waals surface area (Å²) in [4.78, 5) is 10.7. The molecule has 0 amide bonds. The molecule has 0 radical (unpaired) electrons. The molecule has 2 rings (SSSR count). The zero-order chi connectivity index (χ0) is 20.5. The van der Waals surface area contributed by atoms with Crippen molar-refractivity contribution in [2.24, 2.45) is 5.10 Å². The highest BCUT2D eigenvalue weighted by Crippen LogP contribution is 2.33. The standard InChI is InChI=1S/C19H21N2O3P2S2/c1-14(25-27)23-18-8-4-16(5-9-18)12-20-21(3)26(28)15(2)24-19-10-6-17(13-22)7-11-19/h4-15H,1-3H3/q+1/b20-12+. The van der Waals surface area contributed by atoms with E-state index in [1.807, 2.05) is 45.2 Å². The van der Waals surface area contributed by atoms with Crippen molar-refractivity contribution >= 4 is 50.3 Å². The van der Waals surface area contributed by atoms with Crippen LogP contribution in [0.3, 0.4) is 0 Å². The van der Waals surface area contributed by atoms with Gasteiger partial charge in [0.05, 0.1) is 13.3 Å². The molecule has 0 aliphatic carbocycles. The molecule has 0 aliphatic heterocycles. The van der Waals surface area contributed by atoms with E-state index in [4.69, 9.17) is 33.1 Å². The average molecular weight is 451 g/mol. The number of carbonyl (C=O) groups is 1. The van der Waals surface area contributed by atoms with Crippen molar-refractivity contribution < 1.29 is 14.3 Å². The van der Waals surface area contributed by atoms with Crippen LogP contribution in [0.2, 0.25) is 0 Å². The van der Waals surface area contributed by atoms with Crippen LogP contribution in [0.15, 0.2) is 53.6 Å². The first kappa shape index (κ1) is 22.5. The highest BCUT2D eigenvalue weighted by atomic mass is 32.4. The zero-order valence-corrected chi connectivity index (χ0v) is 19.2. The van der Waals surface area contributed by atoms with Crippen molar-refractivity contribution in [2.75, 3.05) is 7.05 Å². The number of hydrogen-bond donors (Lipinski definition) is 0. The summed E-state index contributed by atoms with van der Waals surface area (Å²) in [6, 6.07) is 14.6. The van der Waals surface area contributed by atoms with Gasteiger partial charge in [0.15, 0.2) is 11.8 Å². The highest BCUT2D eigenvalue weighted by Gasteiger charge is 2.27. The van der Waals surface area contributed by atoms with Crippen LogP contribution in [0.5, 0.6) is 11.5 Å². The topological polar surface area (TPSA) is 51.1 Å². The first-order valence-corrected chi connectivity index (χ1v) is 12.8. The van der Waals surface area contributed by atoms with Gasteiger partial charge in [-0.2, -0.15) is 0 Å². The molecular formula is C19H21N2O3P2S2+. The minimum absolute atomic E-state index is 0.0134. The molecule has 3 unspecified atom stereocenters. The number of rotatable bonds is 10. The lowest BCUT2D eigenvalue weighted by atomic mass is 10.2. The fourth-order valence-corrected chi connectivity index (χ4v) is 3.54. The smallest absolute Gasteiger partial charge is 0.355 e. The Morgan fingerprint density at radius 2 is 1.57 bits per heavy atom. The van der Waals surface area contributed by atoms with Gasteiger partial charge in [-0.3, -0.25) is 4.79 Å². The number of ether oxygens (including phenoxy) is 2. The van der Waals surface area contributed by atoms with Crippen LogP contribution in [-0.4, -0.2) is 36.0 Å². The van der Waals surface area contributed by atoms with Crippen LogP contribution >= 0.6 is 14.2 Å². The van der Waals surface area contributed by atoms with Crippen molar-refractivity contribution in [3.63, 3.8) is 0 Å². The maximum absolute atomic E-state index is 10.7. The number of hydrogen-bond acceptors (Lipinski definition) is 6. The third kappa shape index (κ3) is 6.99. The molecule has 3 atom stereocenters. The number of benzene rings is 2. The molecule has 0 bridgehead atoms. The van der Waals surface area contributed by atoms with Crippen LogP contribution in [0.4, 0.5) is 0 Å². The van der Waals surface area contributed by atoms with E-state index in [9.17, 15) is 4.79 Å². The second-order valence-corrected chi connectivity index (χ2v) is 10.4. The lowest BCUT2D eigenvalue weighted by molar-refractivity contribution is 0.112. The van der Waals surface area contributed by atoms with E-state index in [0.29, 0.717) is 11.3 Å². The molecule has 9 heteroatoms. The van der Waals surface area contributed by atoms with Crippen molar-refractivity contribution in [2.45, 2.75) is 25.5 Å². The Hall–Kier alpha value is -1.78. The lowest BCUT2D eigenvalue weighted by Crippen LogP contribution is -2.14. The molecule has 0 aromatic heterocycles. The molecule has 0 spiro atoms. The predicted octanol–water partition coefficient (Wildman–Crippen LogP) is 5.18. The molecule has 0 N–H and O–H groups in total. The van der Waals surface area contributed by atoms with Gasteiger partial charge in [0.2, 0.25) is 0 Å². The van der Waals surface area contributed by atoms with Gasteiger partial charge >= 0.3 is 6.85 Å². The van der Waals surface area contributed by atoms with E-state index in [0.717, 1.165) is 25.0 Å². The van der Waals surface area contributed by atoms with Gasteiger partial charge in [-0.25, -0.2) is 0 Å². The maximum atomic E-state index is 10.7. The van der Waals surface area contributed by atoms with Crippen LogP contribution < -0.4 is 9.47 Å². The summed E-state index contributed by atoms with van der Waals surface area (Å²) in [6.45, 7) is 2.79. The third-order valence-electron chi connectivity index (χ3n) is 3.63. The lowest BCUT2D eigenvalue weighted by Gasteiger charge is -2.11. The van der Waals surface area contributed by atoms with Gasteiger partial charge in [0.25, 0.3) is 5.85 Å². The van der Waals surface area contributed by atoms with Gasteiger partial charge in [0, 0.05) is 19.8 Å². The van der Waals surface area contributed by atoms with Crippen LogP contribution in [-0.2, 0) is 23.6 Å². The molecule has 0 saturated heterocycles. The molecular weight excluding hydrogens is 430 g/mol. The largest absolute Gasteiger partial charge is 0.481 e. The van der Waals surface area contributed by atoms with Gasteiger partial charge in [-0.15, -0.1) is 9.88 Å². The molecule has 0 aliphatic rings. The summed E-state index contributed by atoms with van der Waals surface area (Å²) in [6.07, 6.45) is 2.56. The van der Waals surface area contributed by atoms with Crippen molar-refractivity contribution in [1.82, 2.24) is 4.78 Å². The predicted molar refractivity (Wildman–Crippen MR) is 122 cm³/mol. The Balaban J connectivity index is 1.92. The number of nitrogens with zero attached hydrogens (tertiary/aromatic N) is 2. The highest BCUT2D eigenvalue weighted by molar-refractivity contribution is 8.04. The Bertz CT molecular complexity index is 845. The zero-order valence-electron chi connectivity index (χ0n) is 15.8. The Morgan fingerprint density at radius 1 is 1.04 bits per heavy atom. The fraction of sp³-hybridized carbons (Fsp3) is 0.263. The maximum Gasteiger partial charge on any atom is 0.355 e. The third-order valence-corrected chi connectivity index (χ3v) is 7.92. The van der Waals surface area contributed by atoms with Crippen LogP contribution in [0, 0.1) is 0 Å². The first-order valence-electron chi connectivity index (χ1n) is 8.48. The quantitative estimate of drug-likeness (QED) is 0.215. The summed E-state index contributed by atoms with van der Waals surface area (Å²) in [5.74, 6) is 1.24. The molecule has 28 heavy (non-hydrogen) atoms. The van der Waals surface area contributed by atoms with Crippen molar-refractivity contribution in [1.29, 1.82) is 0 Å². The van der Waals surface area contributed by atoms with Crippen LogP contribution in [0.25, 0.3) is 0 Å². The molecule has 5 nitrogen and oxygen atoms in total. The Morgan fingerprint density at radius 3 is 2.11 bits per heavy atom. The molecule has 0 heterocycles. The second-order valence-electron chi connectivity index (χ2n) is 5.83. The molecule has 2 aromatic rings.